The van der Waals surface area contributed by atoms with Crippen molar-refractivity contribution < 1.29 is 0 Å². The summed E-state index contributed by atoms with van der Waals surface area (Å²) in [4.78, 5) is 0. The fraction of sp³-hybridized carbons (Fsp3) is 0.789. The maximum atomic E-state index is 3.95. The van der Waals surface area contributed by atoms with E-state index >= 15 is 0 Å². The van der Waals surface area contributed by atoms with Crippen LogP contribution in [0.2, 0.25) is 0 Å². The van der Waals surface area contributed by atoms with E-state index in [1.165, 1.54) is 63.4 Å². The molecule has 1 aliphatic carbocycles. The third-order valence-corrected chi connectivity index (χ3v) is 4.61. The molecule has 1 aliphatic rings. The van der Waals surface area contributed by atoms with Gasteiger partial charge in [0.15, 0.2) is 0 Å². The second kappa shape index (κ2) is 9.39. The molecule has 0 nitrogen and oxygen atoms in total. The summed E-state index contributed by atoms with van der Waals surface area (Å²) in [6.45, 7) is 10.9. The quantitative estimate of drug-likeness (QED) is 0.327. The maximum absolute atomic E-state index is 3.95. The number of allylic oxidation sites excluding steroid dienone is 3. The lowest BCUT2D eigenvalue weighted by molar-refractivity contribution is 0.423. The van der Waals surface area contributed by atoms with E-state index in [9.17, 15) is 0 Å². The summed E-state index contributed by atoms with van der Waals surface area (Å²) >= 11 is 0. The summed E-state index contributed by atoms with van der Waals surface area (Å²) in [6, 6.07) is 0. The zero-order valence-corrected chi connectivity index (χ0v) is 13.5. The zero-order valence-electron chi connectivity index (χ0n) is 13.5. The minimum Gasteiger partial charge on any atom is -0.100 e. The van der Waals surface area contributed by atoms with E-state index in [2.05, 4.69) is 39.5 Å². The Balaban J connectivity index is 1.95. The van der Waals surface area contributed by atoms with Crippen LogP contribution in [-0.4, -0.2) is 0 Å². The lowest BCUT2D eigenvalue weighted by Crippen LogP contribution is -2.01. The van der Waals surface area contributed by atoms with E-state index in [1.807, 2.05) is 0 Å². The highest BCUT2D eigenvalue weighted by Gasteiger charge is 2.27. The van der Waals surface area contributed by atoms with Crippen molar-refractivity contribution in [3.8, 4) is 0 Å². The molecule has 0 saturated heterocycles. The van der Waals surface area contributed by atoms with Crippen LogP contribution in [0.1, 0.15) is 78.6 Å². The molecular formula is C19H34. The molecule has 0 bridgehead atoms. The smallest absolute Gasteiger partial charge is 0.0320 e. The Morgan fingerprint density at radius 1 is 1.05 bits per heavy atom. The van der Waals surface area contributed by atoms with Crippen molar-refractivity contribution in [2.45, 2.75) is 78.6 Å². The predicted molar refractivity (Wildman–Crippen MR) is 87.3 cm³/mol. The second-order valence-electron chi connectivity index (χ2n) is 6.93. The van der Waals surface area contributed by atoms with Crippen molar-refractivity contribution in [3.05, 3.63) is 24.3 Å². The van der Waals surface area contributed by atoms with Crippen molar-refractivity contribution >= 4 is 0 Å². The first kappa shape index (κ1) is 16.5. The molecule has 19 heavy (non-hydrogen) atoms. The van der Waals surface area contributed by atoms with E-state index in [0.29, 0.717) is 0 Å². The molecule has 0 spiro atoms. The van der Waals surface area contributed by atoms with Crippen LogP contribution in [0.4, 0.5) is 0 Å². The highest BCUT2D eigenvalue weighted by Crippen LogP contribution is 2.37. The van der Waals surface area contributed by atoms with Crippen LogP contribution in [0.3, 0.4) is 0 Å². The lowest BCUT2D eigenvalue weighted by atomic mass is 9.94. The van der Waals surface area contributed by atoms with Crippen molar-refractivity contribution in [2.75, 3.05) is 0 Å². The molecule has 1 rings (SSSR count). The Kier molecular flexibility index (Phi) is 8.18. The summed E-state index contributed by atoms with van der Waals surface area (Å²) in [6.07, 6.45) is 17.0. The van der Waals surface area contributed by atoms with Crippen molar-refractivity contribution in [1.82, 2.24) is 0 Å². The van der Waals surface area contributed by atoms with Gasteiger partial charge in [0.2, 0.25) is 0 Å². The third-order valence-electron chi connectivity index (χ3n) is 4.61. The molecule has 0 aromatic carbocycles. The Bertz CT molecular complexity index is 274. The first-order valence-electron chi connectivity index (χ1n) is 8.39. The highest BCUT2D eigenvalue weighted by molar-refractivity contribution is 4.89. The van der Waals surface area contributed by atoms with Gasteiger partial charge in [0, 0.05) is 0 Å². The molecular weight excluding hydrogens is 228 g/mol. The SMILES string of the molecule is C=C(C)CCCCCC/C=C/CC1CC(C)CC1C. The van der Waals surface area contributed by atoms with E-state index in [0.717, 1.165) is 17.8 Å². The van der Waals surface area contributed by atoms with E-state index < -0.39 is 0 Å². The fourth-order valence-corrected chi connectivity index (χ4v) is 3.43. The second-order valence-corrected chi connectivity index (χ2v) is 6.93. The predicted octanol–water partition coefficient (Wildman–Crippen LogP) is 6.53. The maximum Gasteiger partial charge on any atom is -0.0320 e. The van der Waals surface area contributed by atoms with Gasteiger partial charge in [-0.3, -0.25) is 0 Å². The first-order valence-corrected chi connectivity index (χ1v) is 8.39. The molecule has 0 N–H and O–H groups in total. The minimum atomic E-state index is 0.946. The van der Waals surface area contributed by atoms with Gasteiger partial charge in [0.1, 0.15) is 0 Å². The van der Waals surface area contributed by atoms with Gasteiger partial charge in [-0.15, -0.1) is 6.58 Å². The summed E-state index contributed by atoms with van der Waals surface area (Å²) in [5.41, 5.74) is 1.33. The van der Waals surface area contributed by atoms with E-state index in [4.69, 9.17) is 0 Å². The van der Waals surface area contributed by atoms with Gasteiger partial charge < -0.3 is 0 Å². The summed E-state index contributed by atoms with van der Waals surface area (Å²) in [5.74, 6) is 2.87. The van der Waals surface area contributed by atoms with Crippen LogP contribution in [-0.2, 0) is 0 Å². The molecule has 1 saturated carbocycles. The molecule has 0 heterocycles. The van der Waals surface area contributed by atoms with Gasteiger partial charge in [0.25, 0.3) is 0 Å². The summed E-state index contributed by atoms with van der Waals surface area (Å²) in [5, 5.41) is 0. The Morgan fingerprint density at radius 3 is 2.42 bits per heavy atom. The van der Waals surface area contributed by atoms with Gasteiger partial charge >= 0.3 is 0 Å². The van der Waals surface area contributed by atoms with Crippen molar-refractivity contribution in [2.24, 2.45) is 17.8 Å². The monoisotopic (exact) mass is 262 g/mol. The Morgan fingerprint density at radius 2 is 1.79 bits per heavy atom. The van der Waals surface area contributed by atoms with Gasteiger partial charge in [-0.2, -0.15) is 0 Å². The van der Waals surface area contributed by atoms with Crippen LogP contribution in [0.5, 0.6) is 0 Å². The molecule has 110 valence electrons. The first-order chi connectivity index (χ1) is 9.09. The van der Waals surface area contributed by atoms with Crippen LogP contribution in [0.15, 0.2) is 24.3 Å². The average Bonchev–Trinajstić information content (AvgIpc) is 2.65. The molecule has 0 aromatic rings. The van der Waals surface area contributed by atoms with Crippen LogP contribution in [0.25, 0.3) is 0 Å². The summed E-state index contributed by atoms with van der Waals surface area (Å²) < 4.78 is 0. The zero-order chi connectivity index (χ0) is 14.1. The van der Waals surface area contributed by atoms with Gasteiger partial charge in [-0.1, -0.05) is 44.4 Å². The van der Waals surface area contributed by atoms with Crippen LogP contribution in [0, 0.1) is 17.8 Å². The molecule has 0 amide bonds. The van der Waals surface area contributed by atoms with Crippen molar-refractivity contribution in [1.29, 1.82) is 0 Å². The normalized spacial score (nSPS) is 27.2. The van der Waals surface area contributed by atoms with Crippen LogP contribution < -0.4 is 0 Å². The largest absolute Gasteiger partial charge is 0.100 e. The standard InChI is InChI=1S/C19H34/c1-16(2)12-10-8-6-5-7-9-11-13-19-15-17(3)14-18(19)4/h9,11,17-19H,1,5-8,10,12-15H2,2-4H3/b11-9+. The molecule has 0 radical (unpaired) electrons. The fourth-order valence-electron chi connectivity index (χ4n) is 3.43. The topological polar surface area (TPSA) is 0 Å². The number of hydrogen-bond donors (Lipinski definition) is 0. The minimum absolute atomic E-state index is 0.946. The molecule has 3 unspecified atom stereocenters. The third kappa shape index (κ3) is 7.60. The summed E-state index contributed by atoms with van der Waals surface area (Å²) in [7, 11) is 0. The van der Waals surface area contributed by atoms with E-state index in [-0.39, 0.29) is 0 Å². The van der Waals surface area contributed by atoms with Gasteiger partial charge in [0.05, 0.1) is 0 Å². The number of unbranched alkanes of at least 4 members (excludes halogenated alkanes) is 4. The molecule has 0 heteroatoms. The Labute approximate surface area is 121 Å². The Hall–Kier alpha value is -0.520. The average molecular weight is 262 g/mol. The van der Waals surface area contributed by atoms with Crippen LogP contribution >= 0.6 is 0 Å². The van der Waals surface area contributed by atoms with Crippen molar-refractivity contribution in [3.63, 3.8) is 0 Å². The highest BCUT2D eigenvalue weighted by atomic mass is 14.3. The molecule has 0 aromatic heterocycles. The van der Waals surface area contributed by atoms with Gasteiger partial charge in [-0.25, -0.2) is 0 Å². The molecule has 0 aliphatic heterocycles. The lowest BCUT2D eigenvalue weighted by Gasteiger charge is -2.11. The number of rotatable bonds is 9. The van der Waals surface area contributed by atoms with E-state index in [1.54, 1.807) is 0 Å². The van der Waals surface area contributed by atoms with Gasteiger partial charge in [-0.05, 0) is 69.6 Å². The molecule has 1 fully saturated rings. The number of hydrogen-bond acceptors (Lipinski definition) is 0. The molecule has 3 atom stereocenters.